The van der Waals surface area contributed by atoms with Crippen LogP contribution in [0.25, 0.3) is 0 Å². The molecule has 1 N–H and O–H groups in total. The zero-order valence-electron chi connectivity index (χ0n) is 10.4. The summed E-state index contributed by atoms with van der Waals surface area (Å²) < 4.78 is 37.8. The number of anilines is 1. The van der Waals surface area contributed by atoms with Gasteiger partial charge in [-0.15, -0.1) is 0 Å². The Balaban J connectivity index is 1.94. The average Bonchev–Trinajstić information content (AvgIpc) is 2.38. The number of hydrogen-bond acceptors (Lipinski definition) is 5. The highest BCUT2D eigenvalue weighted by atomic mass is 19.4. The number of halogens is 3. The first-order chi connectivity index (χ1) is 8.88. The molecule has 1 fully saturated rings. The third-order valence-electron chi connectivity index (χ3n) is 3.24. The molecule has 1 aliphatic heterocycles. The SMILES string of the molecule is CC(N1CCN(c2ncc(O)cn2)CC1)C(F)(F)F. The van der Waals surface area contributed by atoms with Gasteiger partial charge in [-0.25, -0.2) is 9.97 Å². The summed E-state index contributed by atoms with van der Waals surface area (Å²) in [4.78, 5) is 11.1. The summed E-state index contributed by atoms with van der Waals surface area (Å²) >= 11 is 0. The molecule has 1 atom stereocenters. The number of hydrogen-bond donors (Lipinski definition) is 1. The lowest BCUT2D eigenvalue weighted by Crippen LogP contribution is -2.54. The summed E-state index contributed by atoms with van der Waals surface area (Å²) in [5.74, 6) is 0.394. The lowest BCUT2D eigenvalue weighted by molar-refractivity contribution is -0.179. The molecule has 0 bridgehead atoms. The number of alkyl halides is 3. The van der Waals surface area contributed by atoms with Gasteiger partial charge in [-0.1, -0.05) is 0 Å². The number of rotatable bonds is 2. The fourth-order valence-electron chi connectivity index (χ4n) is 1.99. The Hall–Kier alpha value is -1.57. The second-order valence-electron chi connectivity index (χ2n) is 4.48. The fraction of sp³-hybridized carbons (Fsp3) is 0.636. The molecule has 1 unspecified atom stereocenters. The minimum atomic E-state index is -4.20. The van der Waals surface area contributed by atoms with E-state index in [4.69, 9.17) is 5.11 Å². The predicted octanol–water partition coefficient (Wildman–Crippen LogP) is 1.25. The first-order valence-electron chi connectivity index (χ1n) is 5.94. The van der Waals surface area contributed by atoms with Crippen LogP contribution in [0.5, 0.6) is 5.75 Å². The Morgan fingerprint density at radius 3 is 2.16 bits per heavy atom. The van der Waals surface area contributed by atoms with Crippen LogP contribution in [0, 0.1) is 0 Å². The lowest BCUT2D eigenvalue weighted by atomic mass is 10.2. The van der Waals surface area contributed by atoms with E-state index in [2.05, 4.69) is 9.97 Å². The van der Waals surface area contributed by atoms with Crippen molar-refractivity contribution >= 4 is 5.95 Å². The summed E-state index contributed by atoms with van der Waals surface area (Å²) in [7, 11) is 0. The summed E-state index contributed by atoms with van der Waals surface area (Å²) in [6, 6.07) is -1.43. The molecule has 5 nitrogen and oxygen atoms in total. The van der Waals surface area contributed by atoms with E-state index >= 15 is 0 Å². The van der Waals surface area contributed by atoms with Crippen molar-refractivity contribution in [1.82, 2.24) is 14.9 Å². The van der Waals surface area contributed by atoms with Crippen LogP contribution in [-0.2, 0) is 0 Å². The topological polar surface area (TPSA) is 52.5 Å². The monoisotopic (exact) mass is 276 g/mol. The Morgan fingerprint density at radius 1 is 1.16 bits per heavy atom. The highest BCUT2D eigenvalue weighted by Crippen LogP contribution is 2.25. The van der Waals surface area contributed by atoms with Crippen molar-refractivity contribution in [3.63, 3.8) is 0 Å². The van der Waals surface area contributed by atoms with Gasteiger partial charge in [0.2, 0.25) is 5.95 Å². The molecule has 0 saturated carbocycles. The molecular formula is C11H15F3N4O. The first kappa shape index (κ1) is 13.9. The molecule has 8 heteroatoms. The Morgan fingerprint density at radius 2 is 1.68 bits per heavy atom. The van der Waals surface area contributed by atoms with Crippen LogP contribution in [0.2, 0.25) is 0 Å². The maximum atomic E-state index is 12.6. The van der Waals surface area contributed by atoms with Gasteiger partial charge in [0.15, 0.2) is 5.75 Å². The molecule has 0 aromatic carbocycles. The predicted molar refractivity (Wildman–Crippen MR) is 63.0 cm³/mol. The Bertz CT molecular complexity index is 415. The zero-order valence-corrected chi connectivity index (χ0v) is 10.4. The molecule has 1 aromatic heterocycles. The Kier molecular flexibility index (Phi) is 3.79. The van der Waals surface area contributed by atoms with Gasteiger partial charge in [0.05, 0.1) is 12.4 Å². The van der Waals surface area contributed by atoms with Crippen LogP contribution in [0.1, 0.15) is 6.92 Å². The van der Waals surface area contributed by atoms with Crippen molar-refractivity contribution in [2.75, 3.05) is 31.1 Å². The lowest BCUT2D eigenvalue weighted by Gasteiger charge is -2.38. The van der Waals surface area contributed by atoms with Crippen molar-refractivity contribution in [3.05, 3.63) is 12.4 Å². The van der Waals surface area contributed by atoms with E-state index in [9.17, 15) is 13.2 Å². The summed E-state index contributed by atoms with van der Waals surface area (Å²) in [5, 5.41) is 9.08. The fourth-order valence-corrected chi connectivity index (χ4v) is 1.99. The third-order valence-corrected chi connectivity index (χ3v) is 3.24. The van der Waals surface area contributed by atoms with E-state index in [0.717, 1.165) is 0 Å². The van der Waals surface area contributed by atoms with Gasteiger partial charge in [0.1, 0.15) is 6.04 Å². The largest absolute Gasteiger partial charge is 0.505 e. The molecular weight excluding hydrogens is 261 g/mol. The average molecular weight is 276 g/mol. The van der Waals surface area contributed by atoms with E-state index in [-0.39, 0.29) is 5.75 Å². The molecule has 1 aromatic rings. The minimum Gasteiger partial charge on any atom is -0.505 e. The van der Waals surface area contributed by atoms with Crippen molar-refractivity contribution in [2.45, 2.75) is 19.1 Å². The molecule has 0 spiro atoms. The molecule has 106 valence electrons. The van der Waals surface area contributed by atoms with Gasteiger partial charge in [-0.2, -0.15) is 13.2 Å². The van der Waals surface area contributed by atoms with E-state index in [0.29, 0.717) is 32.1 Å². The molecule has 0 radical (unpaired) electrons. The smallest absolute Gasteiger partial charge is 0.403 e. The molecule has 2 rings (SSSR count). The highest BCUT2D eigenvalue weighted by Gasteiger charge is 2.40. The molecule has 2 heterocycles. The van der Waals surface area contributed by atoms with Gasteiger partial charge in [0, 0.05) is 26.2 Å². The van der Waals surface area contributed by atoms with Crippen LogP contribution < -0.4 is 4.90 Å². The second kappa shape index (κ2) is 5.20. The summed E-state index contributed by atoms with van der Waals surface area (Å²) in [6.45, 7) is 2.67. The standard InChI is InChI=1S/C11H15F3N4O/c1-8(11(12,13)14)17-2-4-18(5-3-17)10-15-6-9(19)7-16-10/h6-8,19H,2-5H2,1H3. The van der Waals surface area contributed by atoms with E-state index < -0.39 is 12.2 Å². The van der Waals surface area contributed by atoms with Crippen LogP contribution in [-0.4, -0.2) is 58.4 Å². The van der Waals surface area contributed by atoms with Crippen LogP contribution in [0.4, 0.5) is 19.1 Å². The van der Waals surface area contributed by atoms with Gasteiger partial charge < -0.3 is 10.0 Å². The van der Waals surface area contributed by atoms with E-state index in [1.807, 2.05) is 0 Å². The van der Waals surface area contributed by atoms with Crippen LogP contribution >= 0.6 is 0 Å². The van der Waals surface area contributed by atoms with Crippen molar-refractivity contribution < 1.29 is 18.3 Å². The van der Waals surface area contributed by atoms with E-state index in [1.54, 1.807) is 4.90 Å². The third kappa shape index (κ3) is 3.25. The van der Waals surface area contributed by atoms with Gasteiger partial charge >= 0.3 is 6.18 Å². The highest BCUT2D eigenvalue weighted by molar-refractivity contribution is 5.31. The number of aromatic nitrogens is 2. The summed E-state index contributed by atoms with van der Waals surface area (Å²) in [5.41, 5.74) is 0. The molecule has 0 aliphatic carbocycles. The molecule has 0 amide bonds. The zero-order chi connectivity index (χ0) is 14.0. The quantitative estimate of drug-likeness (QED) is 0.881. The maximum absolute atomic E-state index is 12.6. The van der Waals surface area contributed by atoms with E-state index in [1.165, 1.54) is 24.2 Å². The Labute approximate surface area is 108 Å². The van der Waals surface area contributed by atoms with Crippen molar-refractivity contribution in [1.29, 1.82) is 0 Å². The maximum Gasteiger partial charge on any atom is 0.403 e. The molecule has 1 saturated heterocycles. The van der Waals surface area contributed by atoms with Crippen LogP contribution in [0.3, 0.4) is 0 Å². The summed E-state index contributed by atoms with van der Waals surface area (Å²) in [6.07, 6.45) is -1.66. The normalized spacial score (nSPS) is 19.5. The van der Waals surface area contributed by atoms with Crippen molar-refractivity contribution in [2.24, 2.45) is 0 Å². The van der Waals surface area contributed by atoms with Gasteiger partial charge in [0.25, 0.3) is 0 Å². The second-order valence-corrected chi connectivity index (χ2v) is 4.48. The number of piperazine rings is 1. The first-order valence-corrected chi connectivity index (χ1v) is 5.94. The number of aromatic hydroxyl groups is 1. The van der Waals surface area contributed by atoms with Crippen molar-refractivity contribution in [3.8, 4) is 5.75 Å². The van der Waals surface area contributed by atoms with Gasteiger partial charge in [-0.3, -0.25) is 4.90 Å². The van der Waals surface area contributed by atoms with Gasteiger partial charge in [-0.05, 0) is 6.92 Å². The molecule has 1 aliphatic rings. The number of nitrogens with zero attached hydrogens (tertiary/aromatic N) is 4. The minimum absolute atomic E-state index is 0.0342. The van der Waals surface area contributed by atoms with Crippen LogP contribution in [0.15, 0.2) is 12.4 Å². The molecule has 19 heavy (non-hydrogen) atoms.